The molecule has 0 aromatic heterocycles. The zero-order valence-corrected chi connectivity index (χ0v) is 15.8. The lowest BCUT2D eigenvalue weighted by Crippen LogP contribution is -2.42. The Labute approximate surface area is 155 Å². The molecule has 3 N–H and O–H groups in total. The van der Waals surface area contributed by atoms with E-state index in [2.05, 4.69) is 5.32 Å². The molecule has 7 heteroatoms. The smallest absolute Gasteiger partial charge is 0.253 e. The monoisotopic (exact) mass is 365 g/mol. The van der Waals surface area contributed by atoms with Gasteiger partial charge in [0.1, 0.15) is 0 Å². The zero-order chi connectivity index (χ0) is 19.5. The van der Waals surface area contributed by atoms with E-state index in [0.717, 1.165) is 19.3 Å². The number of unbranched alkanes of at least 4 members (excludes halogenated alkanes) is 3. The van der Waals surface area contributed by atoms with Gasteiger partial charge in [-0.25, -0.2) is 0 Å². The van der Waals surface area contributed by atoms with E-state index in [9.17, 15) is 19.2 Å². The van der Waals surface area contributed by atoms with Gasteiger partial charge < -0.3 is 11.1 Å². The van der Waals surface area contributed by atoms with Crippen molar-refractivity contribution in [1.82, 2.24) is 10.2 Å². The summed E-state index contributed by atoms with van der Waals surface area (Å²) < 4.78 is 0. The number of carbonyl (C=O) groups is 4. The van der Waals surface area contributed by atoms with Gasteiger partial charge in [-0.2, -0.15) is 0 Å². The first kappa shape index (κ1) is 22.0. The van der Waals surface area contributed by atoms with Crippen molar-refractivity contribution in [3.05, 3.63) is 12.2 Å². The number of carbonyl (C=O) groups excluding carboxylic acids is 4. The lowest BCUT2D eigenvalue weighted by atomic mass is 9.97. The van der Waals surface area contributed by atoms with Crippen LogP contribution in [-0.2, 0) is 19.2 Å². The molecule has 0 aromatic carbocycles. The zero-order valence-electron chi connectivity index (χ0n) is 15.8. The molecule has 0 aliphatic carbocycles. The fourth-order valence-electron chi connectivity index (χ4n) is 2.83. The number of rotatable bonds is 13. The minimum Gasteiger partial charge on any atom is -0.346 e. The molecule has 0 saturated heterocycles. The number of amides is 3. The molecule has 1 rings (SSSR count). The van der Waals surface area contributed by atoms with Crippen LogP contribution in [0.15, 0.2) is 12.2 Å². The van der Waals surface area contributed by atoms with E-state index in [4.69, 9.17) is 5.73 Å². The lowest BCUT2D eigenvalue weighted by molar-refractivity contribution is -0.137. The van der Waals surface area contributed by atoms with Crippen LogP contribution in [0, 0.1) is 5.92 Å². The van der Waals surface area contributed by atoms with Gasteiger partial charge in [0.15, 0.2) is 5.78 Å². The molecule has 1 atom stereocenters. The van der Waals surface area contributed by atoms with Gasteiger partial charge in [-0.1, -0.05) is 20.3 Å². The third-order valence-corrected chi connectivity index (χ3v) is 4.38. The molecule has 0 bridgehead atoms. The molecular formula is C19H31N3O4. The summed E-state index contributed by atoms with van der Waals surface area (Å²) in [6.07, 6.45) is 7.19. The van der Waals surface area contributed by atoms with Crippen molar-refractivity contribution in [2.24, 2.45) is 11.7 Å². The molecule has 146 valence electrons. The highest BCUT2D eigenvalue weighted by atomic mass is 16.2. The van der Waals surface area contributed by atoms with Gasteiger partial charge in [-0.05, 0) is 38.6 Å². The standard InChI is InChI=1S/C19H31N3O4/c1-14(2)19(26)15(8-5-6-12-20)21-16(23)9-4-3-7-13-22-17(24)10-11-18(22)25/h10-11,14-15H,3-9,12-13,20H2,1-2H3,(H,21,23)/t15-/m0/s1. The summed E-state index contributed by atoms with van der Waals surface area (Å²) >= 11 is 0. The molecule has 0 fully saturated rings. The molecule has 1 heterocycles. The van der Waals surface area contributed by atoms with E-state index in [1.54, 1.807) is 0 Å². The Bertz CT molecular complexity index is 525. The van der Waals surface area contributed by atoms with Crippen LogP contribution in [0.25, 0.3) is 0 Å². The molecule has 7 nitrogen and oxygen atoms in total. The molecule has 1 aliphatic heterocycles. The summed E-state index contributed by atoms with van der Waals surface area (Å²) in [6, 6.07) is -0.444. The Morgan fingerprint density at radius 1 is 1.04 bits per heavy atom. The van der Waals surface area contributed by atoms with E-state index in [1.807, 2.05) is 13.8 Å². The molecule has 0 saturated carbocycles. The van der Waals surface area contributed by atoms with E-state index >= 15 is 0 Å². The second-order valence-electron chi connectivity index (χ2n) is 6.93. The molecule has 0 aromatic rings. The summed E-state index contributed by atoms with van der Waals surface area (Å²) in [7, 11) is 0. The molecule has 26 heavy (non-hydrogen) atoms. The quantitative estimate of drug-likeness (QED) is 0.378. The topological polar surface area (TPSA) is 110 Å². The van der Waals surface area contributed by atoms with Gasteiger partial charge in [0.2, 0.25) is 5.91 Å². The van der Waals surface area contributed by atoms with E-state index in [1.165, 1.54) is 17.1 Å². The Hall–Kier alpha value is -2.02. The largest absolute Gasteiger partial charge is 0.346 e. The summed E-state index contributed by atoms with van der Waals surface area (Å²) in [5.41, 5.74) is 5.49. The van der Waals surface area contributed by atoms with Crippen LogP contribution in [0.1, 0.15) is 58.8 Å². The molecule has 0 unspecified atom stereocenters. The predicted molar refractivity (Wildman–Crippen MR) is 99.0 cm³/mol. The predicted octanol–water partition coefficient (Wildman–Crippen LogP) is 1.31. The van der Waals surface area contributed by atoms with Crippen LogP contribution in [-0.4, -0.2) is 47.5 Å². The molecule has 0 radical (unpaired) electrons. The fourth-order valence-corrected chi connectivity index (χ4v) is 2.83. The molecule has 1 aliphatic rings. The number of nitrogens with zero attached hydrogens (tertiary/aromatic N) is 1. The minimum absolute atomic E-state index is 0.0499. The maximum atomic E-state index is 12.2. The van der Waals surface area contributed by atoms with Crippen molar-refractivity contribution in [3.8, 4) is 0 Å². The first-order valence-corrected chi connectivity index (χ1v) is 9.43. The molecule has 3 amide bonds. The Morgan fingerprint density at radius 2 is 1.69 bits per heavy atom. The maximum Gasteiger partial charge on any atom is 0.253 e. The summed E-state index contributed by atoms with van der Waals surface area (Å²) in [4.78, 5) is 48.4. The van der Waals surface area contributed by atoms with Gasteiger partial charge in [-0.15, -0.1) is 0 Å². The third kappa shape index (κ3) is 7.47. The number of hydrogen-bond acceptors (Lipinski definition) is 5. The van der Waals surface area contributed by atoms with Gasteiger partial charge in [-0.3, -0.25) is 24.1 Å². The van der Waals surface area contributed by atoms with E-state index in [0.29, 0.717) is 38.8 Å². The van der Waals surface area contributed by atoms with Gasteiger partial charge in [0.05, 0.1) is 6.04 Å². The van der Waals surface area contributed by atoms with Crippen LogP contribution >= 0.6 is 0 Å². The van der Waals surface area contributed by atoms with Crippen molar-refractivity contribution < 1.29 is 19.2 Å². The fraction of sp³-hybridized carbons (Fsp3) is 0.684. The normalized spacial score (nSPS) is 15.0. The minimum atomic E-state index is -0.444. The first-order chi connectivity index (χ1) is 12.4. The van der Waals surface area contributed by atoms with Crippen LogP contribution in [0.4, 0.5) is 0 Å². The van der Waals surface area contributed by atoms with Gasteiger partial charge in [0.25, 0.3) is 11.8 Å². The van der Waals surface area contributed by atoms with E-state index < -0.39 is 6.04 Å². The Balaban J connectivity index is 2.28. The Kier molecular flexibility index (Phi) is 9.80. The van der Waals surface area contributed by atoms with Gasteiger partial charge in [0, 0.05) is 31.0 Å². The number of hydrogen-bond donors (Lipinski definition) is 2. The lowest BCUT2D eigenvalue weighted by Gasteiger charge is -2.19. The summed E-state index contributed by atoms with van der Waals surface area (Å²) in [6.45, 7) is 4.62. The van der Waals surface area contributed by atoms with Crippen LogP contribution in [0.2, 0.25) is 0 Å². The Morgan fingerprint density at radius 3 is 2.27 bits per heavy atom. The van der Waals surface area contributed by atoms with Gasteiger partial charge >= 0.3 is 0 Å². The highest BCUT2D eigenvalue weighted by Crippen LogP contribution is 2.10. The third-order valence-electron chi connectivity index (χ3n) is 4.38. The second kappa shape index (κ2) is 11.6. The van der Waals surface area contributed by atoms with Crippen molar-refractivity contribution in [2.45, 2.75) is 64.8 Å². The van der Waals surface area contributed by atoms with E-state index in [-0.39, 0.29) is 29.4 Å². The van der Waals surface area contributed by atoms with Crippen molar-refractivity contribution in [2.75, 3.05) is 13.1 Å². The molecular weight excluding hydrogens is 334 g/mol. The average molecular weight is 365 g/mol. The van der Waals surface area contributed by atoms with Crippen LogP contribution in [0.5, 0.6) is 0 Å². The number of nitrogens with one attached hydrogen (secondary N) is 1. The van der Waals surface area contributed by atoms with Crippen molar-refractivity contribution in [3.63, 3.8) is 0 Å². The molecule has 0 spiro atoms. The van der Waals surface area contributed by atoms with Crippen molar-refractivity contribution >= 4 is 23.5 Å². The average Bonchev–Trinajstić information content (AvgIpc) is 2.91. The summed E-state index contributed by atoms with van der Waals surface area (Å²) in [5.74, 6) is -0.761. The number of ketones is 1. The highest BCUT2D eigenvalue weighted by Gasteiger charge is 2.23. The number of imide groups is 1. The maximum absolute atomic E-state index is 12.2. The van der Waals surface area contributed by atoms with Crippen LogP contribution < -0.4 is 11.1 Å². The van der Waals surface area contributed by atoms with Crippen LogP contribution in [0.3, 0.4) is 0 Å². The van der Waals surface area contributed by atoms with Crippen molar-refractivity contribution in [1.29, 1.82) is 0 Å². The number of Topliss-reactive ketones (excluding diaryl/α,β-unsaturated/α-hetero) is 1. The highest BCUT2D eigenvalue weighted by molar-refractivity contribution is 6.12. The SMILES string of the molecule is CC(C)C(=O)[C@H](CCCCN)NC(=O)CCCCCN1C(=O)C=CC1=O. The summed E-state index contributed by atoms with van der Waals surface area (Å²) in [5, 5.41) is 2.85. The first-order valence-electron chi connectivity index (χ1n) is 9.43. The second-order valence-corrected chi connectivity index (χ2v) is 6.93. The number of nitrogens with two attached hydrogens (primary N) is 1.